The van der Waals surface area contributed by atoms with Gasteiger partial charge in [-0.3, -0.25) is 0 Å². The molecule has 5 nitrogen and oxygen atoms in total. The summed E-state index contributed by atoms with van der Waals surface area (Å²) in [5, 5.41) is 3.24. The molecule has 0 amide bonds. The summed E-state index contributed by atoms with van der Waals surface area (Å²) in [6.07, 6.45) is 0.735. The predicted molar refractivity (Wildman–Crippen MR) is 54.0 cm³/mol. The van der Waals surface area contributed by atoms with Crippen LogP contribution in [0.3, 0.4) is 0 Å². The first-order chi connectivity index (χ1) is 7.45. The highest BCUT2D eigenvalue weighted by molar-refractivity contribution is 4.67. The number of hydrogen-bond donors (Lipinski definition) is 1. The maximum Gasteiger partial charge on any atom is 0.104 e. The van der Waals surface area contributed by atoms with Crippen molar-refractivity contribution >= 4 is 0 Å². The minimum absolute atomic E-state index is 0.367. The molecule has 2 saturated heterocycles. The molecule has 2 aliphatic rings. The summed E-state index contributed by atoms with van der Waals surface area (Å²) in [7, 11) is 0. The van der Waals surface area contributed by atoms with Crippen molar-refractivity contribution in [2.45, 2.75) is 12.2 Å². The van der Waals surface area contributed by atoms with Gasteiger partial charge in [-0.2, -0.15) is 0 Å². The molecule has 2 aliphatic heterocycles. The molecule has 15 heavy (non-hydrogen) atoms. The van der Waals surface area contributed by atoms with Crippen LogP contribution in [-0.4, -0.2) is 64.9 Å². The molecule has 0 bridgehead atoms. The van der Waals surface area contributed by atoms with Gasteiger partial charge in [0.2, 0.25) is 0 Å². The molecule has 2 unspecified atom stereocenters. The van der Waals surface area contributed by atoms with E-state index >= 15 is 0 Å². The lowest BCUT2D eigenvalue weighted by Crippen LogP contribution is -2.25. The van der Waals surface area contributed by atoms with Crippen molar-refractivity contribution in [1.82, 2.24) is 5.32 Å². The molecule has 2 heterocycles. The van der Waals surface area contributed by atoms with Crippen LogP contribution in [0, 0.1) is 0 Å². The largest absolute Gasteiger partial charge is 0.377 e. The zero-order valence-corrected chi connectivity index (χ0v) is 8.94. The second-order valence-electron chi connectivity index (χ2n) is 3.81. The fourth-order valence-electron chi connectivity index (χ4n) is 1.17. The maximum absolute atomic E-state index is 5.36. The molecule has 5 heteroatoms. The number of ether oxygens (including phenoxy) is 4. The predicted octanol–water partition coefficient (Wildman–Crippen LogP) is -0.593. The Morgan fingerprint density at radius 2 is 1.40 bits per heavy atom. The molecule has 88 valence electrons. The Morgan fingerprint density at radius 1 is 0.933 bits per heavy atom. The van der Waals surface area contributed by atoms with Crippen LogP contribution in [0.1, 0.15) is 0 Å². The zero-order valence-electron chi connectivity index (χ0n) is 8.94. The second kappa shape index (κ2) is 6.40. The number of epoxide rings is 2. The van der Waals surface area contributed by atoms with E-state index in [0.717, 1.165) is 52.7 Å². The Balaban J connectivity index is 1.23. The third-order valence-corrected chi connectivity index (χ3v) is 2.26. The molecule has 0 aliphatic carbocycles. The van der Waals surface area contributed by atoms with Crippen molar-refractivity contribution in [1.29, 1.82) is 0 Å². The zero-order chi connectivity index (χ0) is 10.3. The van der Waals surface area contributed by atoms with E-state index in [0.29, 0.717) is 12.2 Å². The van der Waals surface area contributed by atoms with Crippen LogP contribution in [0.4, 0.5) is 0 Å². The van der Waals surface area contributed by atoms with E-state index in [1.807, 2.05) is 0 Å². The van der Waals surface area contributed by atoms with Crippen LogP contribution in [0.25, 0.3) is 0 Å². The van der Waals surface area contributed by atoms with Gasteiger partial charge in [0.15, 0.2) is 0 Å². The van der Waals surface area contributed by atoms with Gasteiger partial charge < -0.3 is 24.3 Å². The SMILES string of the molecule is C(COCC1CO1)NCCOCC1CO1. The quantitative estimate of drug-likeness (QED) is 0.391. The van der Waals surface area contributed by atoms with Gasteiger partial charge in [-0.05, 0) is 0 Å². The average molecular weight is 217 g/mol. The van der Waals surface area contributed by atoms with Gasteiger partial charge in [-0.1, -0.05) is 0 Å². The molecular formula is C10H19NO4. The Kier molecular flexibility index (Phi) is 4.82. The molecule has 0 aromatic rings. The fourth-order valence-corrected chi connectivity index (χ4v) is 1.17. The number of rotatable bonds is 10. The smallest absolute Gasteiger partial charge is 0.104 e. The summed E-state index contributed by atoms with van der Waals surface area (Å²) >= 11 is 0. The highest BCUT2D eigenvalue weighted by atomic mass is 16.6. The van der Waals surface area contributed by atoms with Crippen LogP contribution in [0.15, 0.2) is 0 Å². The van der Waals surface area contributed by atoms with Gasteiger partial charge >= 0.3 is 0 Å². The summed E-state index contributed by atoms with van der Waals surface area (Å²) in [5.74, 6) is 0. The van der Waals surface area contributed by atoms with Crippen molar-refractivity contribution in [3.05, 3.63) is 0 Å². The number of hydrogen-bond acceptors (Lipinski definition) is 5. The molecule has 0 spiro atoms. The first kappa shape index (κ1) is 11.3. The Morgan fingerprint density at radius 3 is 1.80 bits per heavy atom. The molecule has 2 fully saturated rings. The molecule has 2 atom stereocenters. The summed E-state index contributed by atoms with van der Waals surface area (Å²) in [5.41, 5.74) is 0. The van der Waals surface area contributed by atoms with Crippen LogP contribution >= 0.6 is 0 Å². The van der Waals surface area contributed by atoms with Gasteiger partial charge in [0, 0.05) is 13.1 Å². The van der Waals surface area contributed by atoms with E-state index in [9.17, 15) is 0 Å². The molecule has 0 aromatic heterocycles. The van der Waals surface area contributed by atoms with Gasteiger partial charge in [-0.15, -0.1) is 0 Å². The van der Waals surface area contributed by atoms with Crippen LogP contribution in [0.5, 0.6) is 0 Å². The van der Waals surface area contributed by atoms with E-state index in [4.69, 9.17) is 18.9 Å². The second-order valence-corrected chi connectivity index (χ2v) is 3.81. The summed E-state index contributed by atoms with van der Waals surface area (Å²) in [6, 6.07) is 0. The Bertz CT molecular complexity index is 153. The first-order valence-electron chi connectivity index (χ1n) is 5.54. The summed E-state index contributed by atoms with van der Waals surface area (Å²) in [4.78, 5) is 0. The molecule has 0 radical (unpaired) electrons. The standard InChI is InChI=1S/C10H19NO4/c1(3-12-5-9-7-14-9)11-2-4-13-6-10-8-15-10/h9-11H,1-8H2. The van der Waals surface area contributed by atoms with E-state index in [1.165, 1.54) is 0 Å². The van der Waals surface area contributed by atoms with Gasteiger partial charge in [0.1, 0.15) is 12.2 Å². The van der Waals surface area contributed by atoms with Gasteiger partial charge in [0.25, 0.3) is 0 Å². The highest BCUT2D eigenvalue weighted by Gasteiger charge is 2.22. The number of nitrogens with one attached hydrogen (secondary N) is 1. The average Bonchev–Trinajstić information content (AvgIpc) is 3.10. The third kappa shape index (κ3) is 6.06. The van der Waals surface area contributed by atoms with Crippen LogP contribution < -0.4 is 5.32 Å². The lowest BCUT2D eigenvalue weighted by atomic mass is 10.5. The fraction of sp³-hybridized carbons (Fsp3) is 1.00. The summed E-state index contributed by atoms with van der Waals surface area (Å²) < 4.78 is 20.8. The van der Waals surface area contributed by atoms with Crippen molar-refractivity contribution in [3.63, 3.8) is 0 Å². The van der Waals surface area contributed by atoms with Crippen molar-refractivity contribution in [2.75, 3.05) is 52.7 Å². The minimum Gasteiger partial charge on any atom is -0.377 e. The lowest BCUT2D eigenvalue weighted by molar-refractivity contribution is 0.105. The highest BCUT2D eigenvalue weighted by Crippen LogP contribution is 2.08. The normalized spacial score (nSPS) is 28.0. The summed E-state index contributed by atoms with van der Waals surface area (Å²) in [6.45, 7) is 6.42. The van der Waals surface area contributed by atoms with E-state index in [2.05, 4.69) is 5.32 Å². The third-order valence-electron chi connectivity index (χ3n) is 2.26. The van der Waals surface area contributed by atoms with Crippen LogP contribution in [-0.2, 0) is 18.9 Å². The Hall–Kier alpha value is -0.200. The topological polar surface area (TPSA) is 55.5 Å². The van der Waals surface area contributed by atoms with Crippen molar-refractivity contribution in [2.24, 2.45) is 0 Å². The molecule has 2 rings (SSSR count). The first-order valence-corrected chi connectivity index (χ1v) is 5.54. The Labute approximate surface area is 90.0 Å². The van der Waals surface area contributed by atoms with E-state index in [-0.39, 0.29) is 0 Å². The van der Waals surface area contributed by atoms with E-state index < -0.39 is 0 Å². The van der Waals surface area contributed by atoms with Crippen molar-refractivity contribution < 1.29 is 18.9 Å². The molecule has 0 saturated carbocycles. The van der Waals surface area contributed by atoms with Crippen LogP contribution in [0.2, 0.25) is 0 Å². The molecular weight excluding hydrogens is 198 g/mol. The lowest BCUT2D eigenvalue weighted by Gasteiger charge is -2.05. The van der Waals surface area contributed by atoms with Crippen molar-refractivity contribution in [3.8, 4) is 0 Å². The maximum atomic E-state index is 5.36. The monoisotopic (exact) mass is 217 g/mol. The van der Waals surface area contributed by atoms with E-state index in [1.54, 1.807) is 0 Å². The minimum atomic E-state index is 0.367. The van der Waals surface area contributed by atoms with Gasteiger partial charge in [-0.25, -0.2) is 0 Å². The van der Waals surface area contributed by atoms with Gasteiger partial charge in [0.05, 0.1) is 39.6 Å². The molecule has 0 aromatic carbocycles. The molecule has 1 N–H and O–H groups in total.